The molecule has 0 saturated heterocycles. The summed E-state index contributed by atoms with van der Waals surface area (Å²) in [7, 11) is 0. The van der Waals surface area contributed by atoms with Gasteiger partial charge in [0, 0.05) is 45.0 Å². The summed E-state index contributed by atoms with van der Waals surface area (Å²) in [6.45, 7) is 56.9. The Morgan fingerprint density at radius 1 is 0.208 bits per heavy atom. The smallest absolute Gasteiger partial charge is 0.252 e. The maximum Gasteiger partial charge on any atom is 0.252 e. The SMILES string of the molecule is CC(C)(C)c1cccc(-c2cc(C(C)(C)C)cc(-c3cccc(C(C)(C)C)c3)c2N2c3ccc(-c4ccccc4)cc3B3c4cc(-c5ccccc5)c(C(C)(C)C)cc4N(c4c(-c5cccc(C(C)(C)C)c5)cc(C(C)(C)C)cc4-c4cccc(C(C)(C)C)c4)c4cc(C(C)(C)C)cc2c43)c1. The van der Waals surface area contributed by atoms with Gasteiger partial charge in [-0.3, -0.25) is 0 Å². The predicted octanol–water partition coefficient (Wildman–Crippen LogP) is 26.2. The molecule has 0 fully saturated rings. The number of hydrogen-bond donors (Lipinski definition) is 0. The van der Waals surface area contributed by atoms with E-state index in [1.807, 2.05) is 0 Å². The molecule has 0 spiro atoms. The highest BCUT2D eigenvalue weighted by atomic mass is 15.2. The average molecular weight is 1330 g/mol. The van der Waals surface area contributed by atoms with Gasteiger partial charge in [0.05, 0.1) is 11.4 Å². The van der Waals surface area contributed by atoms with Crippen LogP contribution in [0, 0.1) is 0 Å². The summed E-state index contributed by atoms with van der Waals surface area (Å²) in [5, 5.41) is 0. The van der Waals surface area contributed by atoms with Gasteiger partial charge in [0.2, 0.25) is 0 Å². The molecule has 0 saturated carbocycles. The van der Waals surface area contributed by atoms with E-state index in [0.29, 0.717) is 0 Å². The van der Waals surface area contributed by atoms with Crippen LogP contribution in [0.15, 0.2) is 224 Å². The molecule has 3 heteroatoms. The van der Waals surface area contributed by atoms with E-state index in [-0.39, 0.29) is 50.0 Å². The lowest BCUT2D eigenvalue weighted by Gasteiger charge is -2.47. The van der Waals surface area contributed by atoms with Crippen LogP contribution in [0.3, 0.4) is 0 Å². The van der Waals surface area contributed by atoms with Crippen molar-refractivity contribution >= 4 is 57.2 Å². The number of rotatable bonds is 8. The molecule has 0 unspecified atom stereocenters. The second-order valence-corrected chi connectivity index (χ2v) is 37.7. The van der Waals surface area contributed by atoms with Gasteiger partial charge in [-0.2, -0.15) is 0 Å². The van der Waals surface area contributed by atoms with Gasteiger partial charge in [-0.15, -0.1) is 0 Å². The van der Waals surface area contributed by atoms with Gasteiger partial charge in [0.15, 0.2) is 0 Å². The highest BCUT2D eigenvalue weighted by Crippen LogP contribution is 2.57. The van der Waals surface area contributed by atoms with Crippen LogP contribution in [0.2, 0.25) is 0 Å². The van der Waals surface area contributed by atoms with Crippen LogP contribution in [0.25, 0.3) is 66.8 Å². The van der Waals surface area contributed by atoms with E-state index in [1.165, 1.54) is 162 Å². The maximum atomic E-state index is 2.81. The molecule has 2 aliphatic rings. The van der Waals surface area contributed by atoms with Crippen LogP contribution in [-0.4, -0.2) is 6.71 Å². The maximum absolute atomic E-state index is 2.81. The van der Waals surface area contributed by atoms with Crippen LogP contribution < -0.4 is 26.2 Å². The van der Waals surface area contributed by atoms with Gasteiger partial charge in [0.25, 0.3) is 6.71 Å². The molecular formula is C98H109BN2. The number of nitrogens with zero attached hydrogens (tertiary/aromatic N) is 2. The molecule has 0 atom stereocenters. The predicted molar refractivity (Wildman–Crippen MR) is 443 cm³/mol. The monoisotopic (exact) mass is 1320 g/mol. The van der Waals surface area contributed by atoms with Crippen molar-refractivity contribution in [3.63, 3.8) is 0 Å². The standard InChI is InChI=1S/C98H109BN2/c1-91(2,3)69-43-31-39-65(49-69)77-54-73(95(13,14)15)55-78(66-40-32-44-70(50-66)92(4,5)6)89(77)100-84-48-47-64(62-35-27-25-28-36-62)53-82(84)99-83-60-76(63-37-29-26-30-38-63)81(98(22,23)24)61-85(83)101(87-59-75(97(19,20)21)58-86(100)88(87)99)90-79(67-41-33-45-71(51-67)93(7,8)9)56-74(96(16,17)18)57-80(90)68-42-34-46-72(52-68)94(10,11)12/h25-61H,1-24H3. The van der Waals surface area contributed by atoms with Gasteiger partial charge in [-0.25, -0.2) is 0 Å². The molecule has 11 aromatic rings. The van der Waals surface area contributed by atoms with Crippen molar-refractivity contribution in [1.82, 2.24) is 0 Å². The Bertz CT molecular complexity index is 4840. The summed E-state index contributed by atoms with van der Waals surface area (Å²) < 4.78 is 0. The average Bonchev–Trinajstić information content (AvgIpc) is 0.683. The molecule has 2 aliphatic heterocycles. The highest BCUT2D eigenvalue weighted by molar-refractivity contribution is 7.00. The van der Waals surface area contributed by atoms with E-state index in [2.05, 4.69) is 400 Å². The van der Waals surface area contributed by atoms with Crippen molar-refractivity contribution in [2.75, 3.05) is 9.80 Å². The molecule has 0 aromatic heterocycles. The minimum atomic E-state index is -0.308. The van der Waals surface area contributed by atoms with E-state index in [9.17, 15) is 0 Å². The second kappa shape index (κ2) is 25.0. The van der Waals surface area contributed by atoms with Crippen LogP contribution in [0.5, 0.6) is 0 Å². The van der Waals surface area contributed by atoms with Crippen molar-refractivity contribution in [2.24, 2.45) is 0 Å². The third-order valence-electron chi connectivity index (χ3n) is 21.6. The molecular weight excluding hydrogens is 1220 g/mol. The summed E-state index contributed by atoms with van der Waals surface area (Å²) in [4.78, 5) is 5.58. The van der Waals surface area contributed by atoms with Crippen molar-refractivity contribution in [3.05, 3.63) is 269 Å². The Balaban J connectivity index is 1.30. The molecule has 101 heavy (non-hydrogen) atoms. The first-order valence-electron chi connectivity index (χ1n) is 37.2. The van der Waals surface area contributed by atoms with Gasteiger partial charge < -0.3 is 9.80 Å². The Morgan fingerprint density at radius 2 is 0.525 bits per heavy atom. The summed E-state index contributed by atoms with van der Waals surface area (Å²) in [6.07, 6.45) is 0. The fraction of sp³-hybridized carbons (Fsp3) is 0.327. The van der Waals surface area contributed by atoms with Crippen molar-refractivity contribution in [1.29, 1.82) is 0 Å². The third kappa shape index (κ3) is 13.4. The molecule has 11 aromatic carbocycles. The summed E-state index contributed by atoms with van der Waals surface area (Å²) in [6, 6.07) is 88.8. The van der Waals surface area contributed by atoms with Gasteiger partial charge in [-0.05, 0) is 197 Å². The fourth-order valence-corrected chi connectivity index (χ4v) is 15.4. The Kier molecular flexibility index (Phi) is 17.4. The summed E-state index contributed by atoms with van der Waals surface area (Å²) in [5.74, 6) is 0. The number of fused-ring (bicyclic) bond motifs is 4. The van der Waals surface area contributed by atoms with E-state index < -0.39 is 0 Å². The zero-order chi connectivity index (χ0) is 72.6. The van der Waals surface area contributed by atoms with Crippen LogP contribution >= 0.6 is 0 Å². The van der Waals surface area contributed by atoms with Crippen molar-refractivity contribution in [3.8, 4) is 66.8 Å². The molecule has 0 amide bonds. The minimum Gasteiger partial charge on any atom is -0.310 e. The number of hydrogen-bond acceptors (Lipinski definition) is 2. The highest BCUT2D eigenvalue weighted by Gasteiger charge is 2.47. The zero-order valence-corrected chi connectivity index (χ0v) is 65.3. The van der Waals surface area contributed by atoms with Gasteiger partial charge in [-0.1, -0.05) is 342 Å². The molecule has 514 valence electrons. The molecule has 0 bridgehead atoms. The zero-order valence-electron chi connectivity index (χ0n) is 65.3. The Labute approximate surface area is 608 Å². The van der Waals surface area contributed by atoms with E-state index in [1.54, 1.807) is 0 Å². The van der Waals surface area contributed by atoms with Gasteiger partial charge in [0.1, 0.15) is 0 Å². The molecule has 2 heterocycles. The number of benzene rings is 11. The lowest BCUT2D eigenvalue weighted by molar-refractivity contribution is 0.589. The van der Waals surface area contributed by atoms with E-state index in [4.69, 9.17) is 0 Å². The van der Waals surface area contributed by atoms with Crippen molar-refractivity contribution < 1.29 is 0 Å². The van der Waals surface area contributed by atoms with Crippen molar-refractivity contribution in [2.45, 2.75) is 209 Å². The second-order valence-electron chi connectivity index (χ2n) is 37.7. The molecule has 0 radical (unpaired) electrons. The number of anilines is 6. The fourth-order valence-electron chi connectivity index (χ4n) is 15.4. The van der Waals surface area contributed by atoms with Crippen LogP contribution in [-0.2, 0) is 43.3 Å². The summed E-state index contributed by atoms with van der Waals surface area (Å²) in [5.41, 5.74) is 34.5. The largest absolute Gasteiger partial charge is 0.310 e. The molecule has 2 nitrogen and oxygen atoms in total. The Morgan fingerprint density at radius 3 is 0.871 bits per heavy atom. The quantitative estimate of drug-likeness (QED) is 0.140. The van der Waals surface area contributed by atoms with Crippen LogP contribution in [0.1, 0.15) is 211 Å². The first kappa shape index (κ1) is 70.5. The first-order valence-corrected chi connectivity index (χ1v) is 37.2. The van der Waals surface area contributed by atoms with E-state index in [0.717, 1.165) is 0 Å². The normalized spacial score (nSPS) is 13.7. The van der Waals surface area contributed by atoms with Crippen LogP contribution in [0.4, 0.5) is 34.1 Å². The lowest BCUT2D eigenvalue weighted by Crippen LogP contribution is -2.61. The summed E-state index contributed by atoms with van der Waals surface area (Å²) >= 11 is 0. The lowest BCUT2D eigenvalue weighted by atomic mass is 9.33. The third-order valence-corrected chi connectivity index (χ3v) is 21.6. The molecule has 0 aliphatic carbocycles. The van der Waals surface area contributed by atoms with E-state index >= 15 is 0 Å². The molecule has 13 rings (SSSR count). The first-order chi connectivity index (χ1) is 47.1. The molecule has 0 N–H and O–H groups in total. The van der Waals surface area contributed by atoms with Gasteiger partial charge >= 0.3 is 0 Å². The Hall–Kier alpha value is -8.92. The minimum absolute atomic E-state index is 0.103. The topological polar surface area (TPSA) is 6.48 Å².